The van der Waals surface area contributed by atoms with Crippen molar-refractivity contribution in [2.75, 3.05) is 12.3 Å². The number of nitrogen functional groups attached to an aromatic ring is 1. The van der Waals surface area contributed by atoms with Crippen LogP contribution in [0.4, 0.5) is 5.69 Å². The van der Waals surface area contributed by atoms with Gasteiger partial charge in [0.25, 0.3) is 0 Å². The molecule has 0 fully saturated rings. The summed E-state index contributed by atoms with van der Waals surface area (Å²) < 4.78 is 6.22. The van der Waals surface area contributed by atoms with Crippen molar-refractivity contribution in [2.45, 2.75) is 20.8 Å². The average molecular weight is 677 g/mol. The molecule has 7 aromatic rings. The standard InChI is InChI=1S/C47H40N4O/c1-5-7-16-32(4)45-49-46(33-17-9-8-10-18-33)51-47(50-45)36-24-26-44(43(48)29-36)52-30-31(3)27-34(15-6-2)35-23-25-41-39-21-12-11-19-37(39)38-20-13-14-22-40(38)42(41)28-35/h5-29H,3,30,48H2,1-2,4H3/b7-5-,15-6-,32-16+,34-27+. The lowest BCUT2D eigenvalue weighted by atomic mass is 9.91. The Morgan fingerprint density at radius 3 is 1.92 bits per heavy atom. The molecule has 5 nitrogen and oxygen atoms in total. The first-order valence-corrected chi connectivity index (χ1v) is 17.4. The number of hydrogen-bond donors (Lipinski definition) is 1. The maximum absolute atomic E-state index is 6.56. The first kappa shape index (κ1) is 33.9. The molecule has 0 unspecified atom stereocenters. The van der Waals surface area contributed by atoms with Crippen LogP contribution in [0.15, 0.2) is 164 Å². The summed E-state index contributed by atoms with van der Waals surface area (Å²) >= 11 is 0. The zero-order valence-electron chi connectivity index (χ0n) is 29.7. The van der Waals surface area contributed by atoms with E-state index in [9.17, 15) is 0 Å². The van der Waals surface area contributed by atoms with Crippen molar-refractivity contribution in [1.29, 1.82) is 0 Å². The second-order valence-electron chi connectivity index (χ2n) is 12.7. The molecule has 0 spiro atoms. The molecule has 0 bridgehead atoms. The van der Waals surface area contributed by atoms with Gasteiger partial charge in [0.15, 0.2) is 17.5 Å². The van der Waals surface area contributed by atoms with Gasteiger partial charge in [0.2, 0.25) is 0 Å². The minimum Gasteiger partial charge on any atom is -0.487 e. The smallest absolute Gasteiger partial charge is 0.164 e. The summed E-state index contributed by atoms with van der Waals surface area (Å²) in [6.07, 6.45) is 12.2. The Hall–Kier alpha value is -6.59. The van der Waals surface area contributed by atoms with E-state index in [4.69, 9.17) is 25.4 Å². The first-order chi connectivity index (χ1) is 25.4. The molecule has 5 heteroatoms. The van der Waals surface area contributed by atoms with Gasteiger partial charge in [-0.3, -0.25) is 0 Å². The third-order valence-electron chi connectivity index (χ3n) is 9.02. The van der Waals surface area contributed by atoms with Crippen LogP contribution in [-0.2, 0) is 0 Å². The number of allylic oxidation sites excluding steroid dienone is 7. The summed E-state index contributed by atoms with van der Waals surface area (Å²) in [6, 6.07) is 39.5. The van der Waals surface area contributed by atoms with E-state index in [-0.39, 0.29) is 6.61 Å². The molecular formula is C47H40N4O. The second kappa shape index (κ2) is 15.1. The molecular weight excluding hydrogens is 637 g/mol. The molecule has 0 atom stereocenters. The van der Waals surface area contributed by atoms with Crippen molar-refractivity contribution in [3.05, 3.63) is 175 Å². The van der Waals surface area contributed by atoms with Gasteiger partial charge in [0, 0.05) is 11.1 Å². The Bertz CT molecular complexity index is 2540. The molecule has 1 heterocycles. The van der Waals surface area contributed by atoms with Crippen LogP contribution >= 0.6 is 0 Å². The minimum atomic E-state index is 0.273. The van der Waals surface area contributed by atoms with Crippen LogP contribution in [0.5, 0.6) is 5.75 Å². The Morgan fingerprint density at radius 1 is 0.673 bits per heavy atom. The van der Waals surface area contributed by atoms with E-state index in [1.165, 1.54) is 32.3 Å². The number of rotatable bonds is 10. The Labute approximate surface area is 304 Å². The summed E-state index contributed by atoms with van der Waals surface area (Å²) in [5.74, 6) is 2.31. The normalized spacial score (nSPS) is 12.4. The van der Waals surface area contributed by atoms with Crippen LogP contribution in [0.1, 0.15) is 32.2 Å². The molecule has 1 aromatic heterocycles. The van der Waals surface area contributed by atoms with Crippen LogP contribution in [0.25, 0.3) is 66.2 Å². The number of ether oxygens (including phenoxy) is 1. The van der Waals surface area contributed by atoms with Gasteiger partial charge in [-0.25, -0.2) is 15.0 Å². The third-order valence-corrected chi connectivity index (χ3v) is 9.02. The van der Waals surface area contributed by atoms with Crippen molar-refractivity contribution in [2.24, 2.45) is 0 Å². The van der Waals surface area contributed by atoms with Crippen LogP contribution in [-0.4, -0.2) is 21.6 Å². The van der Waals surface area contributed by atoms with Crippen LogP contribution in [0.2, 0.25) is 0 Å². The quantitative estimate of drug-likeness (QED) is 0.0886. The Morgan fingerprint density at radius 2 is 1.29 bits per heavy atom. The SMILES string of the molecule is C=C(/C=C(\C=C/C)c1ccc2c3ccccc3c3ccccc3c2c1)COc1ccc(-c2nc(/C(C)=C/C=C\C)nc(-c3ccccc3)n2)cc1N. The molecule has 0 saturated carbocycles. The van der Waals surface area contributed by atoms with E-state index >= 15 is 0 Å². The number of hydrogen-bond acceptors (Lipinski definition) is 5. The summed E-state index contributed by atoms with van der Waals surface area (Å²) in [5.41, 5.74) is 12.6. The molecule has 254 valence electrons. The van der Waals surface area contributed by atoms with Gasteiger partial charge in [-0.1, -0.05) is 128 Å². The lowest BCUT2D eigenvalue weighted by Gasteiger charge is -2.13. The second-order valence-corrected chi connectivity index (χ2v) is 12.7. The van der Waals surface area contributed by atoms with Gasteiger partial charge in [-0.2, -0.15) is 0 Å². The van der Waals surface area contributed by atoms with Crippen molar-refractivity contribution in [3.63, 3.8) is 0 Å². The van der Waals surface area contributed by atoms with Gasteiger partial charge >= 0.3 is 0 Å². The topological polar surface area (TPSA) is 73.9 Å². The van der Waals surface area contributed by atoms with Gasteiger partial charge in [-0.15, -0.1) is 0 Å². The number of fused-ring (bicyclic) bond motifs is 6. The van der Waals surface area contributed by atoms with E-state index < -0.39 is 0 Å². The highest BCUT2D eigenvalue weighted by Gasteiger charge is 2.14. The maximum atomic E-state index is 6.56. The molecule has 0 amide bonds. The van der Waals surface area contributed by atoms with E-state index in [1.807, 2.05) is 93.6 Å². The van der Waals surface area contributed by atoms with Gasteiger partial charge in [0.05, 0.1) is 5.69 Å². The fraction of sp³-hybridized carbons (Fsp3) is 0.0851. The fourth-order valence-corrected chi connectivity index (χ4v) is 6.46. The molecule has 0 saturated heterocycles. The van der Waals surface area contributed by atoms with E-state index in [0.29, 0.717) is 28.9 Å². The number of aromatic nitrogens is 3. The lowest BCUT2D eigenvalue weighted by Crippen LogP contribution is -2.04. The summed E-state index contributed by atoms with van der Waals surface area (Å²) in [7, 11) is 0. The maximum Gasteiger partial charge on any atom is 0.164 e. The molecule has 52 heavy (non-hydrogen) atoms. The van der Waals surface area contributed by atoms with Gasteiger partial charge < -0.3 is 10.5 Å². The number of anilines is 1. The highest BCUT2D eigenvalue weighted by molar-refractivity contribution is 6.25. The van der Waals surface area contributed by atoms with Crippen LogP contribution < -0.4 is 10.5 Å². The molecule has 0 radical (unpaired) electrons. The van der Waals surface area contributed by atoms with Crippen molar-refractivity contribution >= 4 is 49.2 Å². The minimum absolute atomic E-state index is 0.273. The predicted molar refractivity (Wildman–Crippen MR) is 220 cm³/mol. The fourth-order valence-electron chi connectivity index (χ4n) is 6.46. The molecule has 0 aliphatic carbocycles. The summed E-state index contributed by atoms with van der Waals surface area (Å²) in [5, 5.41) is 7.48. The van der Waals surface area contributed by atoms with E-state index in [0.717, 1.165) is 33.4 Å². The van der Waals surface area contributed by atoms with Gasteiger partial charge in [-0.05, 0) is 106 Å². The first-order valence-electron chi connectivity index (χ1n) is 17.4. The van der Waals surface area contributed by atoms with Crippen molar-refractivity contribution < 1.29 is 4.74 Å². The molecule has 6 aromatic carbocycles. The number of benzene rings is 6. The Balaban J connectivity index is 1.15. The monoisotopic (exact) mass is 676 g/mol. The van der Waals surface area contributed by atoms with E-state index in [2.05, 4.69) is 85.5 Å². The summed E-state index contributed by atoms with van der Waals surface area (Å²) in [4.78, 5) is 14.4. The Kier molecular flexibility index (Phi) is 9.85. The number of nitrogens with zero attached hydrogens (tertiary/aromatic N) is 3. The van der Waals surface area contributed by atoms with E-state index in [1.54, 1.807) is 0 Å². The predicted octanol–water partition coefficient (Wildman–Crippen LogP) is 11.8. The molecule has 0 aliphatic rings. The highest BCUT2D eigenvalue weighted by Crippen LogP contribution is 2.37. The highest BCUT2D eigenvalue weighted by atomic mass is 16.5. The lowest BCUT2D eigenvalue weighted by molar-refractivity contribution is 0.358. The summed E-state index contributed by atoms with van der Waals surface area (Å²) in [6.45, 7) is 10.6. The zero-order chi connectivity index (χ0) is 36.0. The van der Waals surface area contributed by atoms with Gasteiger partial charge in [0.1, 0.15) is 12.4 Å². The van der Waals surface area contributed by atoms with Crippen LogP contribution in [0.3, 0.4) is 0 Å². The van der Waals surface area contributed by atoms with Crippen molar-refractivity contribution in [3.8, 4) is 28.5 Å². The third kappa shape index (κ3) is 7.03. The van der Waals surface area contributed by atoms with Crippen molar-refractivity contribution in [1.82, 2.24) is 15.0 Å². The van der Waals surface area contributed by atoms with Crippen LogP contribution in [0, 0.1) is 0 Å². The largest absolute Gasteiger partial charge is 0.487 e. The average Bonchev–Trinajstić information content (AvgIpc) is 3.19. The molecule has 2 N–H and O–H groups in total. The number of nitrogens with two attached hydrogens (primary N) is 1. The zero-order valence-corrected chi connectivity index (χ0v) is 29.7. The molecule has 7 rings (SSSR count). The molecule has 0 aliphatic heterocycles.